The van der Waals surface area contributed by atoms with Gasteiger partial charge in [0.05, 0.1) is 5.56 Å². The van der Waals surface area contributed by atoms with Gasteiger partial charge in [0.2, 0.25) is 0 Å². The Morgan fingerprint density at radius 3 is 2.88 bits per heavy atom. The molecule has 0 saturated carbocycles. The van der Waals surface area contributed by atoms with Crippen LogP contribution < -0.4 is 5.32 Å². The summed E-state index contributed by atoms with van der Waals surface area (Å²) in [5.41, 5.74) is 1.42. The Balaban J connectivity index is 1.69. The lowest BCUT2D eigenvalue weighted by molar-refractivity contribution is -0.124. The van der Waals surface area contributed by atoms with E-state index in [-0.39, 0.29) is 0 Å². The third-order valence-corrected chi connectivity index (χ3v) is 3.40. The Hall–Kier alpha value is -3.22. The van der Waals surface area contributed by atoms with Crippen LogP contribution in [0.25, 0.3) is 11.1 Å². The molecule has 1 aromatic carbocycles. The van der Waals surface area contributed by atoms with Gasteiger partial charge in [-0.2, -0.15) is 0 Å². The second kappa shape index (κ2) is 6.91. The Kier molecular flexibility index (Phi) is 4.51. The zero-order valence-electron chi connectivity index (χ0n) is 12.9. The molecular weight excluding hydrogens is 310 g/mol. The fourth-order valence-electron chi connectivity index (χ4n) is 2.14. The van der Waals surface area contributed by atoms with Crippen molar-refractivity contribution in [2.75, 3.05) is 5.32 Å². The molecule has 122 valence electrons. The minimum atomic E-state index is -0.912. The number of pyridine rings is 1. The number of benzene rings is 1. The van der Waals surface area contributed by atoms with E-state index in [2.05, 4.69) is 15.3 Å². The van der Waals surface area contributed by atoms with E-state index in [9.17, 15) is 9.59 Å². The number of carbonyl (C=O) groups excluding carboxylic acids is 2. The number of anilines is 1. The topological polar surface area (TPSA) is 94.3 Å². The third kappa shape index (κ3) is 3.40. The number of carbonyl (C=O) groups is 2. The Morgan fingerprint density at radius 1 is 1.25 bits per heavy atom. The molecule has 0 aliphatic rings. The van der Waals surface area contributed by atoms with Crippen LogP contribution in [0, 0.1) is 0 Å². The van der Waals surface area contributed by atoms with Gasteiger partial charge in [-0.05, 0) is 36.8 Å². The van der Waals surface area contributed by atoms with Crippen molar-refractivity contribution in [2.45, 2.75) is 19.4 Å². The summed E-state index contributed by atoms with van der Waals surface area (Å²) in [6.45, 7) is 1.76. The molecule has 0 spiro atoms. The second-order valence-corrected chi connectivity index (χ2v) is 5.04. The number of fused-ring (bicyclic) bond motifs is 1. The highest BCUT2D eigenvalue weighted by Gasteiger charge is 2.22. The molecule has 1 atom stereocenters. The van der Waals surface area contributed by atoms with E-state index in [1.54, 1.807) is 43.5 Å². The van der Waals surface area contributed by atoms with Crippen LogP contribution in [-0.4, -0.2) is 27.9 Å². The van der Waals surface area contributed by atoms with Crippen LogP contribution in [0.5, 0.6) is 0 Å². The quantitative estimate of drug-likeness (QED) is 0.725. The van der Waals surface area contributed by atoms with E-state index in [0.717, 1.165) is 0 Å². The SMILES string of the molecule is CCC(OC(=O)c1ccc2ncoc2c1)C(=O)Nc1ccccn1. The number of aromatic nitrogens is 2. The molecule has 2 aromatic heterocycles. The van der Waals surface area contributed by atoms with E-state index in [1.807, 2.05) is 0 Å². The molecule has 3 aromatic rings. The summed E-state index contributed by atoms with van der Waals surface area (Å²) in [6.07, 6.45) is 2.30. The molecule has 0 aliphatic carbocycles. The predicted octanol–water partition coefficient (Wildman–Crippen LogP) is 2.80. The molecule has 7 nitrogen and oxygen atoms in total. The second-order valence-electron chi connectivity index (χ2n) is 5.04. The van der Waals surface area contributed by atoms with Crippen molar-refractivity contribution >= 4 is 28.8 Å². The van der Waals surface area contributed by atoms with Gasteiger partial charge in [-0.3, -0.25) is 4.79 Å². The molecule has 1 unspecified atom stereocenters. The van der Waals surface area contributed by atoms with Crippen molar-refractivity contribution in [2.24, 2.45) is 0 Å². The summed E-state index contributed by atoms with van der Waals surface area (Å²) in [5, 5.41) is 2.62. The maximum absolute atomic E-state index is 12.3. The molecule has 1 amide bonds. The lowest BCUT2D eigenvalue weighted by Crippen LogP contribution is -2.32. The van der Waals surface area contributed by atoms with Crippen molar-refractivity contribution in [3.63, 3.8) is 0 Å². The van der Waals surface area contributed by atoms with Gasteiger partial charge >= 0.3 is 5.97 Å². The van der Waals surface area contributed by atoms with Gasteiger partial charge in [0.1, 0.15) is 11.3 Å². The van der Waals surface area contributed by atoms with Gasteiger partial charge in [0, 0.05) is 6.20 Å². The summed E-state index contributed by atoms with van der Waals surface area (Å²) in [6, 6.07) is 9.92. The summed E-state index contributed by atoms with van der Waals surface area (Å²) in [4.78, 5) is 32.5. The highest BCUT2D eigenvalue weighted by atomic mass is 16.5. The Bertz CT molecular complexity index is 860. The molecule has 24 heavy (non-hydrogen) atoms. The van der Waals surface area contributed by atoms with Gasteiger partial charge in [0.15, 0.2) is 18.1 Å². The van der Waals surface area contributed by atoms with Gasteiger partial charge < -0.3 is 14.5 Å². The first-order valence-corrected chi connectivity index (χ1v) is 7.43. The number of nitrogens with one attached hydrogen (secondary N) is 1. The first kappa shape index (κ1) is 15.7. The van der Waals surface area contributed by atoms with Crippen molar-refractivity contribution in [3.8, 4) is 0 Å². The summed E-state index contributed by atoms with van der Waals surface area (Å²) in [5.74, 6) is -0.623. The monoisotopic (exact) mass is 325 g/mol. The van der Waals surface area contributed by atoms with Crippen molar-refractivity contribution < 1.29 is 18.7 Å². The molecule has 0 bridgehead atoms. The van der Waals surface area contributed by atoms with Gasteiger partial charge in [-0.15, -0.1) is 0 Å². The molecule has 7 heteroatoms. The fraction of sp³-hybridized carbons (Fsp3) is 0.176. The van der Waals surface area contributed by atoms with Crippen LogP contribution in [-0.2, 0) is 9.53 Å². The Morgan fingerprint density at radius 2 is 2.12 bits per heavy atom. The molecule has 1 N–H and O–H groups in total. The first-order chi connectivity index (χ1) is 11.7. The number of hydrogen-bond donors (Lipinski definition) is 1. The standard InChI is InChI=1S/C17H15N3O4/c1-2-13(16(21)20-15-5-3-4-8-18-15)24-17(22)11-6-7-12-14(9-11)23-10-19-12/h3-10,13H,2H2,1H3,(H,18,20,21). The van der Waals surface area contributed by atoms with Crippen LogP contribution in [0.3, 0.4) is 0 Å². The molecule has 0 fully saturated rings. The zero-order chi connectivity index (χ0) is 16.9. The highest BCUT2D eigenvalue weighted by Crippen LogP contribution is 2.16. The third-order valence-electron chi connectivity index (χ3n) is 3.40. The summed E-state index contributed by atoms with van der Waals surface area (Å²) < 4.78 is 10.5. The molecule has 0 aliphatic heterocycles. The minimum absolute atomic E-state index is 0.295. The van der Waals surface area contributed by atoms with Crippen LogP contribution >= 0.6 is 0 Å². The number of hydrogen-bond acceptors (Lipinski definition) is 6. The van der Waals surface area contributed by atoms with Crippen LogP contribution in [0.1, 0.15) is 23.7 Å². The fourth-order valence-corrected chi connectivity index (χ4v) is 2.14. The number of oxazole rings is 1. The Labute approximate surface area is 137 Å². The molecule has 0 saturated heterocycles. The highest BCUT2D eigenvalue weighted by molar-refractivity contribution is 5.98. The largest absolute Gasteiger partial charge is 0.449 e. The van der Waals surface area contributed by atoms with Crippen molar-refractivity contribution in [1.82, 2.24) is 9.97 Å². The number of ether oxygens (including phenoxy) is 1. The van der Waals surface area contributed by atoms with Gasteiger partial charge in [0.25, 0.3) is 5.91 Å². The average Bonchev–Trinajstić information content (AvgIpc) is 3.07. The van der Waals surface area contributed by atoms with Crippen molar-refractivity contribution in [1.29, 1.82) is 0 Å². The minimum Gasteiger partial charge on any atom is -0.449 e. The normalized spacial score (nSPS) is 11.9. The summed E-state index contributed by atoms with van der Waals surface area (Å²) in [7, 11) is 0. The number of esters is 1. The number of amides is 1. The smallest absolute Gasteiger partial charge is 0.339 e. The first-order valence-electron chi connectivity index (χ1n) is 7.43. The number of rotatable bonds is 5. The van der Waals surface area contributed by atoms with Gasteiger partial charge in [-0.1, -0.05) is 13.0 Å². The lowest BCUT2D eigenvalue weighted by atomic mass is 10.2. The van der Waals surface area contributed by atoms with E-state index >= 15 is 0 Å². The number of nitrogens with zero attached hydrogens (tertiary/aromatic N) is 2. The average molecular weight is 325 g/mol. The molecule has 2 heterocycles. The van der Waals surface area contributed by atoms with Crippen LogP contribution in [0.4, 0.5) is 5.82 Å². The van der Waals surface area contributed by atoms with Crippen LogP contribution in [0.2, 0.25) is 0 Å². The van der Waals surface area contributed by atoms with Crippen LogP contribution in [0.15, 0.2) is 53.4 Å². The molecule has 3 rings (SSSR count). The van der Waals surface area contributed by atoms with E-state index in [0.29, 0.717) is 28.9 Å². The zero-order valence-corrected chi connectivity index (χ0v) is 12.9. The molecular formula is C17H15N3O4. The van der Waals surface area contributed by atoms with E-state index in [4.69, 9.17) is 9.15 Å². The summed E-state index contributed by atoms with van der Waals surface area (Å²) >= 11 is 0. The van der Waals surface area contributed by atoms with Crippen molar-refractivity contribution in [3.05, 3.63) is 54.6 Å². The van der Waals surface area contributed by atoms with E-state index in [1.165, 1.54) is 12.5 Å². The van der Waals surface area contributed by atoms with Gasteiger partial charge in [-0.25, -0.2) is 14.8 Å². The maximum atomic E-state index is 12.3. The maximum Gasteiger partial charge on any atom is 0.339 e. The predicted molar refractivity (Wildman–Crippen MR) is 86.4 cm³/mol. The van der Waals surface area contributed by atoms with E-state index < -0.39 is 18.0 Å². The lowest BCUT2D eigenvalue weighted by Gasteiger charge is -2.15. The molecule has 0 radical (unpaired) electrons.